The Hall–Kier alpha value is -4.85. The second-order valence-electron chi connectivity index (χ2n) is 16.3. The Bertz CT molecular complexity index is 1970. The zero-order chi connectivity index (χ0) is 39.0. The third-order valence-electron chi connectivity index (χ3n) is 9.49. The van der Waals surface area contributed by atoms with Gasteiger partial charge in [0.1, 0.15) is 16.9 Å². The fraction of sp³-hybridized carbons (Fsp3) is 0.383. The van der Waals surface area contributed by atoms with E-state index in [1.165, 1.54) is 12.2 Å². The van der Waals surface area contributed by atoms with E-state index in [0.717, 1.165) is 24.0 Å². The summed E-state index contributed by atoms with van der Waals surface area (Å²) in [5, 5.41) is 14.0. The van der Waals surface area contributed by atoms with Crippen LogP contribution in [0.3, 0.4) is 0 Å². The third-order valence-corrected chi connectivity index (χ3v) is 9.49. The fourth-order valence-electron chi connectivity index (χ4n) is 5.99. The maximum Gasteiger partial charge on any atom is 0.360 e. The molecule has 5 rings (SSSR count). The molecule has 0 fully saturated rings. The highest BCUT2D eigenvalue weighted by Gasteiger charge is 2.36. The Morgan fingerprint density at radius 2 is 1.31 bits per heavy atom. The molecule has 0 N–H and O–H groups in total. The highest BCUT2D eigenvalue weighted by molar-refractivity contribution is 6.54. The Labute approximate surface area is 320 Å². The number of benzene rings is 2. The zero-order valence-corrected chi connectivity index (χ0v) is 33.0. The molecule has 0 spiro atoms. The van der Waals surface area contributed by atoms with Gasteiger partial charge in [0.25, 0.3) is 0 Å². The lowest BCUT2D eigenvalue weighted by molar-refractivity contribution is -0.296. The molecule has 2 aromatic carbocycles. The van der Waals surface area contributed by atoms with Crippen LogP contribution < -0.4 is 5.11 Å². The Morgan fingerprint density at radius 1 is 0.741 bits per heavy atom. The number of rotatable bonds is 16. The average Bonchev–Trinajstić information content (AvgIpc) is 3.34. The molecule has 0 amide bonds. The van der Waals surface area contributed by atoms with E-state index >= 15 is 0 Å². The first-order valence-corrected chi connectivity index (χ1v) is 19.0. The van der Waals surface area contributed by atoms with E-state index in [1.807, 2.05) is 101 Å². The quantitative estimate of drug-likeness (QED) is 0.0627. The van der Waals surface area contributed by atoms with Gasteiger partial charge in [-0.2, -0.15) is 0 Å². The van der Waals surface area contributed by atoms with Crippen molar-refractivity contribution < 1.29 is 33.3 Å². The summed E-state index contributed by atoms with van der Waals surface area (Å²) in [6, 6.07) is 22.9. The second-order valence-corrected chi connectivity index (χ2v) is 16.3. The first-order valence-electron chi connectivity index (χ1n) is 19.0. The maximum atomic E-state index is 14.0. The molecule has 0 radical (unpaired) electrons. The normalized spacial score (nSPS) is 16.9. The summed E-state index contributed by atoms with van der Waals surface area (Å²) in [4.78, 5) is 27.1. The fourth-order valence-corrected chi connectivity index (χ4v) is 5.99. The van der Waals surface area contributed by atoms with Crippen molar-refractivity contribution in [2.24, 2.45) is 17.3 Å². The van der Waals surface area contributed by atoms with Crippen molar-refractivity contribution in [1.29, 1.82) is 0 Å². The molecule has 1 aromatic heterocycles. The van der Waals surface area contributed by atoms with Crippen LogP contribution >= 0.6 is 0 Å². The van der Waals surface area contributed by atoms with E-state index in [9.17, 15) is 14.7 Å². The summed E-state index contributed by atoms with van der Waals surface area (Å²) < 4.78 is 25.0. The van der Waals surface area contributed by atoms with Gasteiger partial charge in [-0.3, -0.25) is 9.59 Å². The molecule has 0 saturated carbocycles. The minimum Gasteiger partial charge on any atom is -0.871 e. The largest absolute Gasteiger partial charge is 0.871 e. The predicted octanol–water partition coefficient (Wildman–Crippen LogP) is 9.69. The molecule has 1 aliphatic heterocycles. The summed E-state index contributed by atoms with van der Waals surface area (Å²) in [7, 11) is 0. The molecule has 1 aliphatic carbocycles. The first kappa shape index (κ1) is 40.3. The smallest absolute Gasteiger partial charge is 0.360 e. The minimum atomic E-state index is -0.839. The number of ketones is 2. The number of hydrogen-bond donors (Lipinski definition) is 0. The molecule has 0 unspecified atom stereocenters. The van der Waals surface area contributed by atoms with Crippen LogP contribution in [0.2, 0.25) is 0 Å². The zero-order valence-electron chi connectivity index (χ0n) is 33.0. The lowest BCUT2D eigenvalue weighted by Gasteiger charge is -2.31. The summed E-state index contributed by atoms with van der Waals surface area (Å²) in [5.74, 6) is 1.15. The van der Waals surface area contributed by atoms with E-state index in [0.29, 0.717) is 72.4 Å². The van der Waals surface area contributed by atoms with E-state index in [1.54, 1.807) is 12.1 Å². The molecule has 0 bridgehead atoms. The van der Waals surface area contributed by atoms with Crippen LogP contribution in [-0.2, 0) is 29.2 Å². The molecule has 0 saturated heterocycles. The van der Waals surface area contributed by atoms with Crippen molar-refractivity contribution in [2.75, 3.05) is 26.4 Å². The molecule has 54 heavy (non-hydrogen) atoms. The van der Waals surface area contributed by atoms with Gasteiger partial charge < -0.3 is 19.3 Å². The molecule has 2 heterocycles. The van der Waals surface area contributed by atoms with Crippen molar-refractivity contribution in [2.45, 2.75) is 73.6 Å². The minimum absolute atomic E-state index is 0.184. The van der Waals surface area contributed by atoms with Crippen molar-refractivity contribution in [3.63, 3.8) is 0 Å². The SMILES string of the molecule is CC(C)CCOCC(C)(C)C1=C/C(=C\C2=C([O-])C(=C\c3cc(-c4ccccc4)[o+]c(C(C)(C)COCCC(C)C)c3)/C(=O)C2=O)C=C(c2ccccc2)O1. The first-order chi connectivity index (χ1) is 25.6. The van der Waals surface area contributed by atoms with Crippen LogP contribution in [0.15, 0.2) is 124 Å². The number of carbonyl (C=O) groups is 2. The number of Topliss-reactive ketones (excluding diaryl/α,β-unsaturated/α-hetero) is 2. The molecule has 0 atom stereocenters. The van der Waals surface area contributed by atoms with Crippen LogP contribution in [0.5, 0.6) is 0 Å². The third kappa shape index (κ3) is 10.2. The highest BCUT2D eigenvalue weighted by atomic mass is 16.5. The average molecular weight is 731 g/mol. The summed E-state index contributed by atoms with van der Waals surface area (Å²) in [6.45, 7) is 18.9. The second kappa shape index (κ2) is 17.5. The van der Waals surface area contributed by atoms with Gasteiger partial charge in [0.15, 0.2) is 0 Å². The summed E-state index contributed by atoms with van der Waals surface area (Å²) in [5.41, 5.74) is 1.39. The van der Waals surface area contributed by atoms with E-state index in [-0.39, 0.29) is 11.1 Å². The van der Waals surface area contributed by atoms with Crippen LogP contribution in [-0.4, -0.2) is 38.0 Å². The Kier molecular flexibility index (Phi) is 13.1. The van der Waals surface area contributed by atoms with Gasteiger partial charge >= 0.3 is 11.5 Å². The Morgan fingerprint density at radius 3 is 1.91 bits per heavy atom. The van der Waals surface area contributed by atoms with Crippen molar-refractivity contribution in [1.82, 2.24) is 0 Å². The van der Waals surface area contributed by atoms with Crippen LogP contribution in [0.25, 0.3) is 23.2 Å². The van der Waals surface area contributed by atoms with Gasteiger partial charge in [-0.15, -0.1) is 0 Å². The molecule has 2 aliphatic rings. The molecule has 3 aromatic rings. The molecular formula is C47H54O7. The van der Waals surface area contributed by atoms with Gasteiger partial charge in [-0.1, -0.05) is 95.8 Å². The summed E-state index contributed by atoms with van der Waals surface area (Å²) >= 11 is 0. The van der Waals surface area contributed by atoms with Gasteiger partial charge in [0, 0.05) is 41.4 Å². The van der Waals surface area contributed by atoms with E-state index < -0.39 is 28.2 Å². The lowest BCUT2D eigenvalue weighted by atomic mass is 9.88. The number of allylic oxidation sites excluding steroid dienone is 6. The Balaban J connectivity index is 1.54. The lowest BCUT2D eigenvalue weighted by Crippen LogP contribution is -2.25. The van der Waals surface area contributed by atoms with E-state index in [4.69, 9.17) is 18.6 Å². The van der Waals surface area contributed by atoms with Gasteiger partial charge in [-0.25, -0.2) is 4.42 Å². The van der Waals surface area contributed by atoms with Crippen LogP contribution in [0.1, 0.15) is 85.1 Å². The maximum absolute atomic E-state index is 14.0. The van der Waals surface area contributed by atoms with Gasteiger partial charge in [0.2, 0.25) is 11.6 Å². The van der Waals surface area contributed by atoms with Crippen LogP contribution in [0.4, 0.5) is 0 Å². The van der Waals surface area contributed by atoms with Crippen molar-refractivity contribution >= 4 is 23.4 Å². The summed E-state index contributed by atoms with van der Waals surface area (Å²) in [6.07, 6.45) is 8.50. The number of hydrogen-bond acceptors (Lipinski definition) is 6. The number of carbonyl (C=O) groups excluding carboxylic acids is 2. The molecular weight excluding hydrogens is 677 g/mol. The standard InChI is InChI=1S/C47H54O7/c1-31(2)19-21-51-29-46(5,6)41-27-33(25-39(53-41)35-15-11-9-12-16-35)23-37-43(48)38(45(50)44(37)49)24-34-26-40(36-17-13-10-14-18-36)54-42(28-34)47(7,8)30-52-22-20-32(3)4/h9-18,23-28,31-32H,19-22,29-30H2,1-8H3. The predicted molar refractivity (Wildman–Crippen MR) is 213 cm³/mol. The topological polar surface area (TPSA) is 96.2 Å². The monoisotopic (exact) mass is 730 g/mol. The van der Waals surface area contributed by atoms with Gasteiger partial charge in [-0.05, 0) is 86.1 Å². The highest BCUT2D eigenvalue weighted by Crippen LogP contribution is 2.38. The number of ether oxygens (including phenoxy) is 3. The van der Waals surface area contributed by atoms with Gasteiger partial charge in [0.05, 0.1) is 24.8 Å². The van der Waals surface area contributed by atoms with E-state index in [2.05, 4.69) is 27.7 Å². The molecule has 7 nitrogen and oxygen atoms in total. The van der Waals surface area contributed by atoms with Crippen molar-refractivity contribution in [3.8, 4) is 11.3 Å². The van der Waals surface area contributed by atoms with Crippen LogP contribution in [0, 0.1) is 17.3 Å². The van der Waals surface area contributed by atoms with Crippen molar-refractivity contribution in [3.05, 3.63) is 136 Å². The molecule has 7 heteroatoms. The molecule has 284 valence electrons.